The maximum atomic E-state index is 12.6. The zero-order chi connectivity index (χ0) is 16.4. The van der Waals surface area contributed by atoms with Gasteiger partial charge in [-0.05, 0) is 30.3 Å². The number of aromatic nitrogens is 1. The van der Waals surface area contributed by atoms with Gasteiger partial charge in [0.15, 0.2) is 11.5 Å². The van der Waals surface area contributed by atoms with E-state index in [1.54, 1.807) is 50.6 Å². The van der Waals surface area contributed by atoms with Crippen LogP contribution in [0.1, 0.15) is 16.2 Å². The van der Waals surface area contributed by atoms with Gasteiger partial charge in [-0.15, -0.1) is 0 Å². The average molecular weight is 314 g/mol. The second kappa shape index (κ2) is 6.08. The van der Waals surface area contributed by atoms with E-state index in [-0.39, 0.29) is 5.91 Å². The fourth-order valence-corrected chi connectivity index (χ4v) is 2.56. The monoisotopic (exact) mass is 314 g/mol. The summed E-state index contributed by atoms with van der Waals surface area (Å²) in [6, 6.07) is 9.08. The molecule has 2 aromatic heterocycles. The highest BCUT2D eigenvalue weighted by Gasteiger charge is 2.18. The minimum Gasteiger partial charge on any atom is -0.493 e. The van der Waals surface area contributed by atoms with Gasteiger partial charge in [-0.3, -0.25) is 4.79 Å². The summed E-state index contributed by atoms with van der Waals surface area (Å²) >= 11 is 0. The van der Waals surface area contributed by atoms with Crippen LogP contribution < -0.4 is 9.47 Å². The molecule has 0 spiro atoms. The average Bonchev–Trinajstić information content (AvgIpc) is 3.21. The molecule has 0 unspecified atom stereocenters. The van der Waals surface area contributed by atoms with E-state index < -0.39 is 0 Å². The largest absolute Gasteiger partial charge is 0.493 e. The summed E-state index contributed by atoms with van der Waals surface area (Å²) in [7, 11) is 4.89. The van der Waals surface area contributed by atoms with Gasteiger partial charge in [0.1, 0.15) is 11.5 Å². The summed E-state index contributed by atoms with van der Waals surface area (Å²) < 4.78 is 16.0. The molecule has 0 fully saturated rings. The summed E-state index contributed by atoms with van der Waals surface area (Å²) in [5.41, 5.74) is 1.30. The molecule has 1 N–H and O–H groups in total. The van der Waals surface area contributed by atoms with Gasteiger partial charge in [0, 0.05) is 12.4 Å². The fourth-order valence-electron chi connectivity index (χ4n) is 2.56. The smallest absolute Gasteiger partial charge is 0.270 e. The van der Waals surface area contributed by atoms with Crippen molar-refractivity contribution < 1.29 is 18.7 Å². The Balaban J connectivity index is 1.92. The molecule has 0 atom stereocenters. The minimum atomic E-state index is -0.126. The van der Waals surface area contributed by atoms with Crippen molar-refractivity contribution in [2.45, 2.75) is 6.54 Å². The van der Waals surface area contributed by atoms with E-state index in [0.717, 1.165) is 16.7 Å². The zero-order valence-corrected chi connectivity index (χ0v) is 13.3. The third kappa shape index (κ3) is 2.75. The first-order valence-electron chi connectivity index (χ1n) is 7.15. The van der Waals surface area contributed by atoms with E-state index in [1.807, 2.05) is 12.1 Å². The van der Waals surface area contributed by atoms with Crippen molar-refractivity contribution in [3.05, 3.63) is 48.0 Å². The predicted molar refractivity (Wildman–Crippen MR) is 85.9 cm³/mol. The van der Waals surface area contributed by atoms with Crippen molar-refractivity contribution in [1.82, 2.24) is 9.88 Å². The predicted octanol–water partition coefficient (Wildman–Crippen LogP) is 3.05. The third-order valence-electron chi connectivity index (χ3n) is 3.69. The van der Waals surface area contributed by atoms with Crippen molar-refractivity contribution in [2.24, 2.45) is 0 Å². The Hall–Kier alpha value is -2.89. The van der Waals surface area contributed by atoms with Crippen molar-refractivity contribution in [3.8, 4) is 11.5 Å². The first-order valence-corrected chi connectivity index (χ1v) is 7.15. The van der Waals surface area contributed by atoms with Crippen LogP contribution in [0.2, 0.25) is 0 Å². The van der Waals surface area contributed by atoms with Gasteiger partial charge in [-0.1, -0.05) is 0 Å². The van der Waals surface area contributed by atoms with E-state index >= 15 is 0 Å². The number of carbonyl (C=O) groups excluding carboxylic acids is 1. The summed E-state index contributed by atoms with van der Waals surface area (Å²) in [6.45, 7) is 0.404. The highest BCUT2D eigenvalue weighted by molar-refractivity contribution is 6.00. The van der Waals surface area contributed by atoms with E-state index in [4.69, 9.17) is 13.9 Å². The SMILES string of the molecule is COc1ccc2[nH]c(C(=O)N(C)Cc3ccco3)cc2c1OC. The molecule has 0 bridgehead atoms. The van der Waals surface area contributed by atoms with Crippen molar-refractivity contribution in [3.63, 3.8) is 0 Å². The summed E-state index contributed by atoms with van der Waals surface area (Å²) in [4.78, 5) is 17.3. The first-order chi connectivity index (χ1) is 11.1. The number of fused-ring (bicyclic) bond motifs is 1. The molecule has 3 rings (SSSR count). The molecule has 3 aromatic rings. The Kier molecular flexibility index (Phi) is 3.97. The van der Waals surface area contributed by atoms with E-state index in [0.29, 0.717) is 23.7 Å². The molecule has 120 valence electrons. The number of methoxy groups -OCH3 is 2. The lowest BCUT2D eigenvalue weighted by atomic mass is 10.2. The van der Waals surface area contributed by atoms with E-state index in [1.165, 1.54) is 0 Å². The molecule has 6 heteroatoms. The number of benzene rings is 1. The van der Waals surface area contributed by atoms with Crippen molar-refractivity contribution in [2.75, 3.05) is 21.3 Å². The first kappa shape index (κ1) is 15.0. The number of ether oxygens (including phenoxy) is 2. The highest BCUT2D eigenvalue weighted by atomic mass is 16.5. The molecule has 0 saturated carbocycles. The fraction of sp³-hybridized carbons (Fsp3) is 0.235. The molecule has 23 heavy (non-hydrogen) atoms. The number of hydrogen-bond donors (Lipinski definition) is 1. The number of aromatic amines is 1. The van der Waals surface area contributed by atoms with Crippen LogP contribution in [-0.2, 0) is 6.54 Å². The van der Waals surface area contributed by atoms with Crippen LogP contribution in [0.25, 0.3) is 10.9 Å². The molecular formula is C17H18N2O4. The second-order valence-corrected chi connectivity index (χ2v) is 5.19. The Morgan fingerprint density at radius 2 is 2.09 bits per heavy atom. The normalized spacial score (nSPS) is 10.7. The summed E-state index contributed by atoms with van der Waals surface area (Å²) in [6.07, 6.45) is 1.59. The summed E-state index contributed by atoms with van der Waals surface area (Å²) in [5, 5.41) is 0.807. The van der Waals surface area contributed by atoms with Crippen molar-refractivity contribution in [1.29, 1.82) is 0 Å². The second-order valence-electron chi connectivity index (χ2n) is 5.19. The molecule has 2 heterocycles. The molecule has 1 amide bonds. The molecular weight excluding hydrogens is 296 g/mol. The molecule has 0 aliphatic heterocycles. The lowest BCUT2D eigenvalue weighted by Crippen LogP contribution is -2.26. The molecule has 1 aromatic carbocycles. The van der Waals surface area contributed by atoms with Gasteiger partial charge in [-0.2, -0.15) is 0 Å². The Labute approximate surface area is 133 Å². The maximum Gasteiger partial charge on any atom is 0.270 e. The van der Waals surface area contributed by atoms with Crippen molar-refractivity contribution >= 4 is 16.8 Å². The Morgan fingerprint density at radius 1 is 1.26 bits per heavy atom. The Bertz CT molecular complexity index is 821. The van der Waals surface area contributed by atoms with Crippen LogP contribution >= 0.6 is 0 Å². The van der Waals surface area contributed by atoms with Crippen LogP contribution in [-0.4, -0.2) is 37.1 Å². The molecule has 6 nitrogen and oxygen atoms in total. The lowest BCUT2D eigenvalue weighted by Gasteiger charge is -2.14. The van der Waals surface area contributed by atoms with E-state index in [9.17, 15) is 4.79 Å². The van der Waals surface area contributed by atoms with Gasteiger partial charge in [-0.25, -0.2) is 0 Å². The quantitative estimate of drug-likeness (QED) is 0.786. The summed E-state index contributed by atoms with van der Waals surface area (Å²) in [5.74, 6) is 1.84. The van der Waals surface area contributed by atoms with Gasteiger partial charge >= 0.3 is 0 Å². The van der Waals surface area contributed by atoms with Crippen LogP contribution in [0.3, 0.4) is 0 Å². The van der Waals surface area contributed by atoms with Crippen LogP contribution in [0, 0.1) is 0 Å². The number of nitrogens with one attached hydrogen (secondary N) is 1. The van der Waals surface area contributed by atoms with Gasteiger partial charge in [0.25, 0.3) is 5.91 Å². The number of rotatable bonds is 5. The molecule has 0 radical (unpaired) electrons. The number of carbonyl (C=O) groups is 1. The van der Waals surface area contributed by atoms with Gasteiger partial charge in [0.2, 0.25) is 0 Å². The number of H-pyrrole nitrogens is 1. The Morgan fingerprint density at radius 3 is 2.74 bits per heavy atom. The molecule has 0 saturated heterocycles. The number of hydrogen-bond acceptors (Lipinski definition) is 4. The number of furan rings is 1. The minimum absolute atomic E-state index is 0.126. The van der Waals surface area contributed by atoms with Crippen LogP contribution in [0.5, 0.6) is 11.5 Å². The highest BCUT2D eigenvalue weighted by Crippen LogP contribution is 2.35. The van der Waals surface area contributed by atoms with Crippen LogP contribution in [0.4, 0.5) is 0 Å². The standard InChI is InChI=1S/C17H18N2O4/c1-19(10-11-5-4-8-23-11)17(20)14-9-12-13(18-14)6-7-15(21-2)16(12)22-3/h4-9,18H,10H2,1-3H3. The molecule has 0 aliphatic carbocycles. The third-order valence-corrected chi connectivity index (χ3v) is 3.69. The lowest BCUT2D eigenvalue weighted by molar-refractivity contribution is 0.0770. The zero-order valence-electron chi connectivity index (χ0n) is 13.3. The van der Waals surface area contributed by atoms with Gasteiger partial charge in [0.05, 0.1) is 32.5 Å². The maximum absolute atomic E-state index is 12.6. The molecule has 0 aliphatic rings. The topological polar surface area (TPSA) is 67.7 Å². The number of amides is 1. The number of nitrogens with zero attached hydrogens (tertiary/aromatic N) is 1. The van der Waals surface area contributed by atoms with E-state index in [2.05, 4.69) is 4.98 Å². The van der Waals surface area contributed by atoms with Crippen LogP contribution in [0.15, 0.2) is 41.0 Å². The van der Waals surface area contributed by atoms with Gasteiger partial charge < -0.3 is 23.8 Å².